The highest BCUT2D eigenvalue weighted by Gasteiger charge is 2.29. The van der Waals surface area contributed by atoms with Crippen LogP contribution in [-0.4, -0.2) is 51.0 Å². The van der Waals surface area contributed by atoms with Crippen molar-refractivity contribution in [2.75, 3.05) is 13.2 Å². The first-order valence-electron chi connectivity index (χ1n) is 18.0. The molecule has 11 heteroatoms. The van der Waals surface area contributed by atoms with Crippen LogP contribution in [0.15, 0.2) is 120 Å². The average Bonchev–Trinajstić information content (AvgIpc) is 3.86. The molecule has 0 bridgehead atoms. The molecule has 0 saturated carbocycles. The second-order valence-electron chi connectivity index (χ2n) is 14.2. The number of esters is 1. The highest BCUT2D eigenvalue weighted by atomic mass is 32.2. The molecule has 0 atom stereocenters. The van der Waals surface area contributed by atoms with Gasteiger partial charge in [0.2, 0.25) is 0 Å². The molecule has 0 fully saturated rings. The van der Waals surface area contributed by atoms with E-state index >= 15 is 0 Å². The van der Waals surface area contributed by atoms with Crippen LogP contribution < -0.4 is 0 Å². The number of ether oxygens (including phenoxy) is 2. The van der Waals surface area contributed by atoms with Crippen LogP contribution in [0.5, 0.6) is 0 Å². The number of carbonyl (C=O) groups is 1. The number of fused-ring (bicyclic) bond motifs is 6. The fraction of sp³-hybridized carbons (Fsp3) is 0.233. The third-order valence-corrected chi connectivity index (χ3v) is 11.7. The molecular weight excluding hydrogens is 701 g/mol. The Bertz CT molecular complexity index is 2570. The van der Waals surface area contributed by atoms with Crippen LogP contribution in [0, 0.1) is 6.92 Å². The van der Waals surface area contributed by atoms with E-state index in [9.17, 15) is 18.3 Å². The van der Waals surface area contributed by atoms with E-state index < -0.39 is 15.6 Å². The number of aryl methyl sites for hydroxylation is 1. The van der Waals surface area contributed by atoms with Crippen LogP contribution in [0.1, 0.15) is 60.7 Å². The zero-order chi connectivity index (χ0) is 37.6. The van der Waals surface area contributed by atoms with E-state index in [4.69, 9.17) is 14.5 Å². The Hall–Kier alpha value is -5.62. The largest absolute Gasteiger partial charge is 0.465 e. The Morgan fingerprint density at radius 1 is 0.870 bits per heavy atom. The summed E-state index contributed by atoms with van der Waals surface area (Å²) in [7, 11) is -3.94. The molecular formula is C43H40N4O6S. The number of aromatic nitrogens is 4. The molecule has 0 saturated heterocycles. The molecule has 8 rings (SSSR count). The lowest BCUT2D eigenvalue weighted by molar-refractivity contribution is -0.144. The quantitative estimate of drug-likeness (QED) is 0.0996. The zero-order valence-corrected chi connectivity index (χ0v) is 31.1. The van der Waals surface area contributed by atoms with Gasteiger partial charge < -0.3 is 14.6 Å². The second kappa shape index (κ2) is 14.0. The minimum Gasteiger partial charge on any atom is -0.465 e. The van der Waals surface area contributed by atoms with Crippen molar-refractivity contribution in [3.63, 3.8) is 0 Å². The molecule has 0 amide bonds. The molecule has 10 nitrogen and oxygen atoms in total. The van der Waals surface area contributed by atoms with Gasteiger partial charge in [0.15, 0.2) is 5.65 Å². The first-order valence-corrected chi connectivity index (χ1v) is 19.4. The number of rotatable bonds is 12. The van der Waals surface area contributed by atoms with Crippen LogP contribution in [0.3, 0.4) is 0 Å². The van der Waals surface area contributed by atoms with Crippen LogP contribution in [0.25, 0.3) is 39.1 Å². The van der Waals surface area contributed by atoms with Gasteiger partial charge in [-0.1, -0.05) is 90.5 Å². The summed E-state index contributed by atoms with van der Waals surface area (Å²) in [5.74, 6) is 0.262. The van der Waals surface area contributed by atoms with E-state index in [-0.39, 0.29) is 48.7 Å². The lowest BCUT2D eigenvalue weighted by Gasteiger charge is -2.17. The van der Waals surface area contributed by atoms with Crippen LogP contribution >= 0.6 is 0 Å². The maximum atomic E-state index is 13.7. The molecule has 0 spiro atoms. The molecule has 1 N–H and O–H groups in total. The third kappa shape index (κ3) is 6.48. The molecule has 54 heavy (non-hydrogen) atoms. The lowest BCUT2D eigenvalue weighted by atomic mass is 9.97. The van der Waals surface area contributed by atoms with Crippen molar-refractivity contribution >= 4 is 32.7 Å². The number of hydrogen-bond donors (Lipinski definition) is 1. The van der Waals surface area contributed by atoms with Crippen LogP contribution in [-0.2, 0) is 36.5 Å². The van der Waals surface area contributed by atoms with Crippen molar-refractivity contribution in [3.8, 4) is 22.4 Å². The Morgan fingerprint density at radius 3 is 2.20 bits per heavy atom. The molecule has 7 aromatic rings. The molecule has 1 aliphatic rings. The number of carbonyl (C=O) groups excluding carboxylic acids is 1. The first kappa shape index (κ1) is 35.4. The smallest absolute Gasteiger partial charge is 0.305 e. The Morgan fingerprint density at radius 2 is 1.54 bits per heavy atom. The summed E-state index contributed by atoms with van der Waals surface area (Å²) in [4.78, 5) is 22.6. The van der Waals surface area contributed by atoms with Crippen molar-refractivity contribution in [1.82, 2.24) is 18.3 Å². The van der Waals surface area contributed by atoms with Crippen molar-refractivity contribution in [3.05, 3.63) is 144 Å². The minimum atomic E-state index is -3.94. The van der Waals surface area contributed by atoms with E-state index in [1.165, 1.54) is 32.4 Å². The Kier molecular flexibility index (Phi) is 9.17. The van der Waals surface area contributed by atoms with Gasteiger partial charge in [0.25, 0.3) is 10.0 Å². The van der Waals surface area contributed by atoms with Gasteiger partial charge in [-0.15, -0.1) is 0 Å². The van der Waals surface area contributed by atoms with Gasteiger partial charge in [-0.25, -0.2) is 22.4 Å². The molecule has 0 unspecified atom stereocenters. The number of aliphatic hydroxyl groups is 1. The van der Waals surface area contributed by atoms with Gasteiger partial charge >= 0.3 is 5.97 Å². The molecule has 1 aliphatic carbocycles. The molecule has 3 aromatic heterocycles. The van der Waals surface area contributed by atoms with Crippen molar-refractivity contribution in [2.45, 2.75) is 56.6 Å². The van der Waals surface area contributed by atoms with Gasteiger partial charge in [-0.3, -0.25) is 9.20 Å². The number of benzene rings is 4. The van der Waals surface area contributed by atoms with Crippen molar-refractivity contribution in [2.24, 2.45) is 0 Å². The summed E-state index contributed by atoms with van der Waals surface area (Å²) in [6, 6.07) is 32.4. The molecule has 4 aromatic carbocycles. The first-order chi connectivity index (χ1) is 26.0. The zero-order valence-electron chi connectivity index (χ0n) is 30.3. The second-order valence-corrected chi connectivity index (χ2v) is 16.0. The average molecular weight is 741 g/mol. The fourth-order valence-electron chi connectivity index (χ4n) is 7.22. The summed E-state index contributed by atoms with van der Waals surface area (Å²) >= 11 is 0. The highest BCUT2D eigenvalue weighted by Crippen LogP contribution is 2.44. The maximum absolute atomic E-state index is 13.7. The van der Waals surface area contributed by atoms with E-state index in [0.29, 0.717) is 29.0 Å². The van der Waals surface area contributed by atoms with Crippen molar-refractivity contribution in [1.29, 1.82) is 0 Å². The predicted octanol–water partition coefficient (Wildman–Crippen LogP) is 7.78. The number of imidazole rings is 1. The van der Waals surface area contributed by atoms with Gasteiger partial charge in [-0.2, -0.15) is 0 Å². The molecule has 0 radical (unpaired) electrons. The van der Waals surface area contributed by atoms with E-state index in [1.807, 2.05) is 59.9 Å². The van der Waals surface area contributed by atoms with Gasteiger partial charge in [0.05, 0.1) is 33.4 Å². The van der Waals surface area contributed by atoms with E-state index in [2.05, 4.69) is 29.2 Å². The fourth-order valence-corrected chi connectivity index (χ4v) is 8.51. The van der Waals surface area contributed by atoms with E-state index in [0.717, 1.165) is 16.7 Å². The summed E-state index contributed by atoms with van der Waals surface area (Å²) in [5.41, 5.74) is 8.31. The summed E-state index contributed by atoms with van der Waals surface area (Å²) in [6.07, 6.45) is 3.78. The predicted molar refractivity (Wildman–Crippen MR) is 206 cm³/mol. The lowest BCUT2D eigenvalue weighted by Crippen LogP contribution is -2.14. The molecule has 3 heterocycles. The van der Waals surface area contributed by atoms with E-state index in [1.54, 1.807) is 50.4 Å². The van der Waals surface area contributed by atoms with Gasteiger partial charge in [-0.05, 0) is 73.2 Å². The molecule has 274 valence electrons. The minimum absolute atomic E-state index is 0.0000752. The SMILES string of the molecule is Cc1ccc(S(=O)(=O)n2ccc3c2ncc2c(-c4ccc(C(C)(C)O)cc4)nc(COCCCC(=O)OCC4c5ccccc5-c5ccccc54)n23)cc1. The summed E-state index contributed by atoms with van der Waals surface area (Å²) in [6.45, 7) is 6.02. The van der Waals surface area contributed by atoms with Gasteiger partial charge in [0, 0.05) is 30.7 Å². The number of nitrogens with zero attached hydrogens (tertiary/aromatic N) is 4. The third-order valence-electron chi connectivity index (χ3n) is 10.1. The standard InChI is InChI=1S/C43H40N4O6S/c1-28-14-20-31(21-15-28)54(50,51)46-23-22-37-42(46)44-25-38-41(29-16-18-30(19-17-29)43(2,3)49)45-39(47(37)38)27-52-24-8-13-40(48)53-26-36-34-11-6-4-9-32(34)33-10-5-7-12-35(33)36/h4-7,9-12,14-23,25,36,49H,8,13,24,26-27H2,1-3H3. The normalized spacial score (nSPS) is 13.0. The maximum Gasteiger partial charge on any atom is 0.305 e. The summed E-state index contributed by atoms with van der Waals surface area (Å²) in [5, 5.41) is 10.5. The Balaban J connectivity index is 1.00. The highest BCUT2D eigenvalue weighted by molar-refractivity contribution is 7.90. The van der Waals surface area contributed by atoms with Gasteiger partial charge in [0.1, 0.15) is 19.0 Å². The molecule has 0 aliphatic heterocycles. The number of hydrogen-bond acceptors (Lipinski definition) is 8. The Labute approximate surface area is 313 Å². The van der Waals surface area contributed by atoms with Crippen LogP contribution in [0.2, 0.25) is 0 Å². The monoisotopic (exact) mass is 740 g/mol. The summed E-state index contributed by atoms with van der Waals surface area (Å²) < 4.78 is 42.4. The topological polar surface area (TPSA) is 125 Å². The van der Waals surface area contributed by atoms with Crippen molar-refractivity contribution < 1.29 is 27.8 Å². The van der Waals surface area contributed by atoms with Crippen LogP contribution in [0.4, 0.5) is 0 Å².